The lowest BCUT2D eigenvalue weighted by atomic mass is 9.66. The van der Waals surface area contributed by atoms with Crippen molar-refractivity contribution < 1.29 is 9.13 Å². The lowest BCUT2D eigenvalue weighted by Crippen LogP contribution is -2.45. The third-order valence-electron chi connectivity index (χ3n) is 5.30. The van der Waals surface area contributed by atoms with Crippen molar-refractivity contribution in [2.75, 3.05) is 6.61 Å². The van der Waals surface area contributed by atoms with Crippen LogP contribution in [-0.4, -0.2) is 12.2 Å². The van der Waals surface area contributed by atoms with Crippen LogP contribution in [0.25, 0.3) is 0 Å². The molecule has 0 aromatic heterocycles. The number of halogens is 1. The van der Waals surface area contributed by atoms with Gasteiger partial charge in [0.15, 0.2) is 0 Å². The summed E-state index contributed by atoms with van der Waals surface area (Å²) < 4.78 is 19.3. The fourth-order valence-electron chi connectivity index (χ4n) is 4.12. The largest absolute Gasteiger partial charge is 0.375 e. The second-order valence-corrected chi connectivity index (χ2v) is 6.31. The number of ether oxygens (including phenoxy) is 1. The maximum atomic E-state index is 13.2. The van der Waals surface area contributed by atoms with Gasteiger partial charge in [-0.3, -0.25) is 0 Å². The van der Waals surface area contributed by atoms with Gasteiger partial charge in [0.25, 0.3) is 0 Å². The van der Waals surface area contributed by atoms with Crippen molar-refractivity contribution in [2.24, 2.45) is 0 Å². The van der Waals surface area contributed by atoms with Crippen molar-refractivity contribution in [2.45, 2.75) is 62.9 Å². The van der Waals surface area contributed by atoms with Gasteiger partial charge in [-0.2, -0.15) is 0 Å². The minimum absolute atomic E-state index is 0.114. The fourth-order valence-corrected chi connectivity index (χ4v) is 4.12. The van der Waals surface area contributed by atoms with E-state index >= 15 is 0 Å². The Morgan fingerprint density at radius 2 is 1.79 bits per heavy atom. The van der Waals surface area contributed by atoms with Crippen molar-refractivity contribution in [3.8, 4) is 0 Å². The van der Waals surface area contributed by atoms with E-state index in [1.165, 1.54) is 31.2 Å². The molecule has 2 heteroatoms. The SMILES string of the molecule is CC[C@@]1(c2ccc(F)cc2)CCOC2(CCCC2)C1. The molecule has 104 valence electrons. The monoisotopic (exact) mass is 262 g/mol. The van der Waals surface area contributed by atoms with E-state index in [1.807, 2.05) is 12.1 Å². The van der Waals surface area contributed by atoms with Crippen molar-refractivity contribution in [3.63, 3.8) is 0 Å². The van der Waals surface area contributed by atoms with Gasteiger partial charge in [-0.15, -0.1) is 0 Å². The molecule has 1 aromatic rings. The summed E-state index contributed by atoms with van der Waals surface area (Å²) in [6.07, 6.45) is 8.29. The molecule has 0 bridgehead atoms. The van der Waals surface area contributed by atoms with Gasteiger partial charge in [0.05, 0.1) is 5.60 Å². The number of hydrogen-bond donors (Lipinski definition) is 0. The molecular weight excluding hydrogens is 239 g/mol. The standard InChI is InChI=1S/C17H23FO/c1-2-16(14-5-7-15(18)8-6-14)11-12-19-17(13-16)9-3-4-10-17/h5-8H,2-4,9-13H2,1H3/t16-/m1/s1. The van der Waals surface area contributed by atoms with Crippen LogP contribution in [0.2, 0.25) is 0 Å². The molecule has 0 radical (unpaired) electrons. The van der Waals surface area contributed by atoms with E-state index in [4.69, 9.17) is 4.74 Å². The van der Waals surface area contributed by atoms with Crippen LogP contribution < -0.4 is 0 Å². The summed E-state index contributed by atoms with van der Waals surface area (Å²) in [5.74, 6) is -0.141. The van der Waals surface area contributed by atoms with Crippen LogP contribution in [0.3, 0.4) is 0 Å². The molecule has 1 spiro atoms. The minimum atomic E-state index is -0.141. The highest BCUT2D eigenvalue weighted by Gasteiger charge is 2.46. The highest BCUT2D eigenvalue weighted by molar-refractivity contribution is 5.27. The van der Waals surface area contributed by atoms with Gasteiger partial charge in [0.1, 0.15) is 5.82 Å². The van der Waals surface area contributed by atoms with Crippen molar-refractivity contribution >= 4 is 0 Å². The van der Waals surface area contributed by atoms with E-state index in [9.17, 15) is 4.39 Å². The van der Waals surface area contributed by atoms with Gasteiger partial charge in [-0.1, -0.05) is 31.9 Å². The van der Waals surface area contributed by atoms with E-state index in [1.54, 1.807) is 12.1 Å². The van der Waals surface area contributed by atoms with Crippen LogP contribution in [0.1, 0.15) is 57.4 Å². The highest BCUT2D eigenvalue weighted by atomic mass is 19.1. The Bertz CT molecular complexity index is 433. The van der Waals surface area contributed by atoms with Crippen LogP contribution in [0.5, 0.6) is 0 Å². The zero-order valence-electron chi connectivity index (χ0n) is 11.8. The molecule has 0 unspecified atom stereocenters. The van der Waals surface area contributed by atoms with Gasteiger partial charge >= 0.3 is 0 Å². The maximum absolute atomic E-state index is 13.2. The van der Waals surface area contributed by atoms with E-state index in [2.05, 4.69) is 6.92 Å². The molecule has 1 atom stereocenters. The molecule has 1 heterocycles. The lowest BCUT2D eigenvalue weighted by Gasteiger charge is -2.46. The van der Waals surface area contributed by atoms with Crippen molar-refractivity contribution in [1.29, 1.82) is 0 Å². The third-order valence-corrected chi connectivity index (χ3v) is 5.30. The highest BCUT2D eigenvalue weighted by Crippen LogP contribution is 2.49. The molecule has 0 amide bonds. The first-order valence-corrected chi connectivity index (χ1v) is 7.58. The Labute approximate surface area is 115 Å². The van der Waals surface area contributed by atoms with Crippen molar-refractivity contribution in [3.05, 3.63) is 35.6 Å². The number of hydrogen-bond acceptors (Lipinski definition) is 1. The Hall–Kier alpha value is -0.890. The molecule has 3 rings (SSSR count). The first-order chi connectivity index (χ1) is 9.18. The predicted octanol–water partition coefficient (Wildman–Crippen LogP) is 4.60. The first-order valence-electron chi connectivity index (χ1n) is 7.58. The third kappa shape index (κ3) is 2.31. The van der Waals surface area contributed by atoms with Crippen LogP contribution in [0, 0.1) is 5.82 Å². The van der Waals surface area contributed by atoms with E-state index in [-0.39, 0.29) is 16.8 Å². The Balaban J connectivity index is 1.91. The predicted molar refractivity (Wildman–Crippen MR) is 74.8 cm³/mol. The Morgan fingerprint density at radius 3 is 2.42 bits per heavy atom. The molecule has 1 aliphatic heterocycles. The zero-order chi connectivity index (χ0) is 13.3. The van der Waals surface area contributed by atoms with Crippen LogP contribution in [-0.2, 0) is 10.2 Å². The number of benzene rings is 1. The van der Waals surface area contributed by atoms with Gasteiger partial charge in [0, 0.05) is 6.61 Å². The summed E-state index contributed by atoms with van der Waals surface area (Å²) in [5, 5.41) is 0. The van der Waals surface area contributed by atoms with Gasteiger partial charge in [-0.25, -0.2) is 4.39 Å². The average Bonchev–Trinajstić information content (AvgIpc) is 2.87. The van der Waals surface area contributed by atoms with E-state index in [0.29, 0.717) is 0 Å². The molecule has 19 heavy (non-hydrogen) atoms. The molecular formula is C17H23FO. The zero-order valence-corrected chi connectivity index (χ0v) is 11.8. The van der Waals surface area contributed by atoms with Crippen LogP contribution in [0.4, 0.5) is 4.39 Å². The van der Waals surface area contributed by atoms with Gasteiger partial charge in [-0.05, 0) is 55.2 Å². The van der Waals surface area contributed by atoms with Crippen molar-refractivity contribution in [1.82, 2.24) is 0 Å². The molecule has 2 fully saturated rings. The maximum Gasteiger partial charge on any atom is 0.123 e. The summed E-state index contributed by atoms with van der Waals surface area (Å²) >= 11 is 0. The van der Waals surface area contributed by atoms with Gasteiger partial charge in [0.2, 0.25) is 0 Å². The summed E-state index contributed by atoms with van der Waals surface area (Å²) in [6, 6.07) is 7.16. The summed E-state index contributed by atoms with van der Waals surface area (Å²) in [7, 11) is 0. The molecule has 1 saturated carbocycles. The Kier molecular flexibility index (Phi) is 3.38. The minimum Gasteiger partial charge on any atom is -0.375 e. The normalized spacial score (nSPS) is 29.8. The quantitative estimate of drug-likeness (QED) is 0.757. The second-order valence-electron chi connectivity index (χ2n) is 6.31. The summed E-state index contributed by atoms with van der Waals surface area (Å²) in [5.41, 5.74) is 1.60. The molecule has 2 aliphatic rings. The molecule has 1 saturated heterocycles. The summed E-state index contributed by atoms with van der Waals surface area (Å²) in [4.78, 5) is 0. The van der Waals surface area contributed by atoms with Crippen LogP contribution >= 0.6 is 0 Å². The van der Waals surface area contributed by atoms with Crippen LogP contribution in [0.15, 0.2) is 24.3 Å². The van der Waals surface area contributed by atoms with E-state index in [0.717, 1.165) is 25.9 Å². The molecule has 0 N–H and O–H groups in total. The topological polar surface area (TPSA) is 9.23 Å². The van der Waals surface area contributed by atoms with Gasteiger partial charge < -0.3 is 4.74 Å². The molecule has 1 aromatic carbocycles. The fraction of sp³-hybridized carbons (Fsp3) is 0.647. The smallest absolute Gasteiger partial charge is 0.123 e. The summed E-state index contributed by atoms with van der Waals surface area (Å²) in [6.45, 7) is 3.11. The molecule has 1 aliphatic carbocycles. The lowest BCUT2D eigenvalue weighted by molar-refractivity contribution is -0.103. The second kappa shape index (κ2) is 4.90. The Morgan fingerprint density at radius 1 is 1.11 bits per heavy atom. The average molecular weight is 262 g/mol. The first kappa shape index (κ1) is 13.1. The molecule has 1 nitrogen and oxygen atoms in total. The van der Waals surface area contributed by atoms with E-state index < -0.39 is 0 Å². The number of rotatable bonds is 2.